The Hall–Kier alpha value is -1.61. The standard InChI is InChI=1S/C8H13F3.C8H16.C7H16.C6H8F6.2C6H11F3.2C6H12F2.C6H13F.2C6H14.C5H10F2.C5H11F/c1-5-3-6(2)7(4-5)8(9,10)11;1-6-4-5-7(2)8(6)3;1-5-6-7(2,3)4;1-3-4(2,5(7,8)9)6(10,11)12;1-4-5(2,3)6(7,8)9;1-3-4-5(2)6(7,8)9;1-4-6(7,8)5(2)3;1-3-4-5(2)6(7)8;1-3-4-6(2)5-7;1-5-6(2,3)4;1-4-5-6(2)3;1-3-4(2)5(6)7;1-3-5(2)4-6/h5-7H,3-4H2,1-2H3;6-8H,4-5H2,1-3H3;5-6H2,1-4H3;3H2,1-2H3;4H2,1-3H3;5H,3-4H2,1-2H3;5H,4H2,1-3H3;5-6H,3-4H2,1-2H3;6H,3-5H2,1-2H3;5H2,1-4H3;6H,4-5H2,1-3H3;4-5H,3H2,1-2H3;5H,3-4H2,1-2H3/t5-,6?,7?;;;;;;;;;;;;/m0............/s1. The van der Waals surface area contributed by atoms with E-state index >= 15 is 0 Å². The maximum absolute atomic E-state index is 12.3. The zero-order valence-electron chi connectivity index (χ0n) is 71.9. The Labute approximate surface area is 624 Å². The summed E-state index contributed by atoms with van der Waals surface area (Å²) in [4.78, 5) is 0. The van der Waals surface area contributed by atoms with Gasteiger partial charge in [0, 0.05) is 24.2 Å². The van der Waals surface area contributed by atoms with E-state index in [1.165, 1.54) is 93.4 Å². The lowest BCUT2D eigenvalue weighted by molar-refractivity contribution is -0.335. The highest BCUT2D eigenvalue weighted by atomic mass is 19.4. The highest BCUT2D eigenvalue weighted by Gasteiger charge is 2.66. The fourth-order valence-electron chi connectivity index (χ4n) is 8.16. The van der Waals surface area contributed by atoms with Crippen LogP contribution in [0.4, 0.5) is 101 Å². The van der Waals surface area contributed by atoms with E-state index in [2.05, 4.69) is 104 Å². The van der Waals surface area contributed by atoms with Crippen molar-refractivity contribution in [2.75, 3.05) is 13.3 Å². The normalized spacial score (nSPS) is 19.1. The third-order valence-corrected chi connectivity index (χ3v) is 18.8. The van der Waals surface area contributed by atoms with E-state index < -0.39 is 96.5 Å². The van der Waals surface area contributed by atoms with Crippen molar-refractivity contribution < 1.29 is 101 Å². The topological polar surface area (TPSA) is 0 Å². The maximum atomic E-state index is 12.3. The first-order valence-corrected chi connectivity index (χ1v) is 38.7. The van der Waals surface area contributed by atoms with E-state index in [4.69, 9.17) is 0 Å². The zero-order chi connectivity index (χ0) is 86.2. The molecule has 0 aromatic heterocycles. The van der Waals surface area contributed by atoms with Crippen LogP contribution in [0, 0.1) is 98.6 Å². The molecule has 10 atom stereocenters. The first-order chi connectivity index (χ1) is 46.4. The molecule has 646 valence electrons. The average molecular weight is 1570 g/mol. The van der Waals surface area contributed by atoms with Crippen LogP contribution in [0.3, 0.4) is 0 Å². The van der Waals surface area contributed by atoms with Gasteiger partial charge in [-0.05, 0) is 123 Å². The van der Waals surface area contributed by atoms with Crippen LogP contribution in [0.2, 0.25) is 0 Å². The molecular formula is C81H161F23. The van der Waals surface area contributed by atoms with Gasteiger partial charge in [0.2, 0.25) is 18.8 Å². The lowest BCUT2D eigenvalue weighted by atomic mass is 9.86. The van der Waals surface area contributed by atoms with Gasteiger partial charge in [0.1, 0.15) is 0 Å². The predicted molar refractivity (Wildman–Crippen MR) is 400 cm³/mol. The quantitative estimate of drug-likeness (QED) is 0.113. The van der Waals surface area contributed by atoms with Crippen molar-refractivity contribution in [2.24, 2.45) is 98.6 Å². The lowest BCUT2D eigenvalue weighted by Gasteiger charge is -2.32. The smallest absolute Gasteiger partial charge is 0.251 e. The first kappa shape index (κ1) is 126. The van der Waals surface area contributed by atoms with Gasteiger partial charge in [-0.3, -0.25) is 8.78 Å². The molecule has 0 spiro atoms. The van der Waals surface area contributed by atoms with Crippen LogP contribution < -0.4 is 0 Å². The van der Waals surface area contributed by atoms with Gasteiger partial charge in [0.25, 0.3) is 0 Å². The SMILES string of the molecule is CC1CCC(C)C1C.CC1C[C@H](C)CC1C(F)(F)F.CCC(C)(C(F)(F)F)C(F)(F)F.CCC(C)(C)C.CCC(C)(C)C(F)(F)F.CCC(C)C(F)F.CCC(C)CF.CCC(F)(F)C(C)C.CCCC(C)(C)C.CCCC(C)C.CCCC(C)C(F)(F)F.CCCC(C)C(F)F.CCCC(C)CF. The summed E-state index contributed by atoms with van der Waals surface area (Å²) < 4.78 is 272. The molecule has 0 heterocycles. The van der Waals surface area contributed by atoms with E-state index in [0.29, 0.717) is 36.5 Å². The van der Waals surface area contributed by atoms with Crippen molar-refractivity contribution >= 4 is 0 Å². The minimum Gasteiger partial charge on any atom is -0.251 e. The Morgan fingerprint density at radius 2 is 0.740 bits per heavy atom. The zero-order valence-corrected chi connectivity index (χ0v) is 71.9. The molecule has 0 radical (unpaired) electrons. The number of halogens is 23. The van der Waals surface area contributed by atoms with Crippen molar-refractivity contribution in [1.29, 1.82) is 0 Å². The minimum absolute atomic E-state index is 0.0509. The summed E-state index contributed by atoms with van der Waals surface area (Å²) in [6.45, 7) is 62.3. The molecule has 0 aromatic carbocycles. The molecule has 0 amide bonds. The van der Waals surface area contributed by atoms with Gasteiger partial charge < -0.3 is 0 Å². The van der Waals surface area contributed by atoms with E-state index in [1.807, 2.05) is 34.6 Å². The molecular weight excluding hydrogens is 1410 g/mol. The minimum atomic E-state index is -5.24. The van der Waals surface area contributed by atoms with Crippen LogP contribution >= 0.6 is 0 Å². The Bertz CT molecular complexity index is 1740. The summed E-state index contributed by atoms with van der Waals surface area (Å²) in [7, 11) is 0. The summed E-state index contributed by atoms with van der Waals surface area (Å²) in [6.07, 6.45) is -11.1. The number of rotatable bonds is 19. The largest absolute Gasteiger partial charge is 0.402 e. The molecule has 0 N–H and O–H groups in total. The summed E-state index contributed by atoms with van der Waals surface area (Å²) >= 11 is 0. The third-order valence-electron chi connectivity index (χ3n) is 18.8. The van der Waals surface area contributed by atoms with Gasteiger partial charge in [-0.15, -0.1) is 0 Å². The monoisotopic (exact) mass is 1570 g/mol. The number of alkyl halides is 23. The second kappa shape index (κ2) is 65.0. The maximum Gasteiger partial charge on any atom is 0.402 e. The van der Waals surface area contributed by atoms with Gasteiger partial charge in [-0.25, -0.2) is 26.3 Å². The molecule has 2 aliphatic carbocycles. The highest BCUT2D eigenvalue weighted by Crippen LogP contribution is 2.52. The van der Waals surface area contributed by atoms with Crippen LogP contribution in [0.1, 0.15) is 364 Å². The van der Waals surface area contributed by atoms with Crippen LogP contribution in [-0.4, -0.2) is 63.0 Å². The number of hydrogen-bond donors (Lipinski definition) is 0. The van der Waals surface area contributed by atoms with Crippen LogP contribution in [0.25, 0.3) is 0 Å². The van der Waals surface area contributed by atoms with Gasteiger partial charge in [-0.2, -0.15) is 65.9 Å². The fraction of sp³-hybridized carbons (Fsp3) is 1.00. The van der Waals surface area contributed by atoms with Crippen LogP contribution in [0.15, 0.2) is 0 Å². The van der Waals surface area contributed by atoms with Crippen LogP contribution in [0.5, 0.6) is 0 Å². The average Bonchev–Trinajstić information content (AvgIpc) is 1.05. The van der Waals surface area contributed by atoms with Gasteiger partial charge >= 0.3 is 30.9 Å². The Morgan fingerprint density at radius 1 is 0.375 bits per heavy atom. The summed E-state index contributed by atoms with van der Waals surface area (Å²) in [5, 5.41) is 0. The Morgan fingerprint density at radius 3 is 0.798 bits per heavy atom. The second-order valence-corrected chi connectivity index (χ2v) is 33.0. The molecule has 0 bridgehead atoms. The molecule has 23 heteroatoms. The molecule has 2 rings (SSSR count). The third kappa shape index (κ3) is 78.5. The van der Waals surface area contributed by atoms with E-state index in [1.54, 1.807) is 34.6 Å². The predicted octanol–water partition coefficient (Wildman–Crippen LogP) is 35.2. The summed E-state index contributed by atoms with van der Waals surface area (Å²) in [5.74, 6) is -1.52. The Balaban J connectivity index is -0.000000101. The first-order valence-electron chi connectivity index (χ1n) is 38.7. The van der Waals surface area contributed by atoms with Gasteiger partial charge in [0.15, 0.2) is 5.41 Å². The van der Waals surface area contributed by atoms with Crippen molar-refractivity contribution in [1.82, 2.24) is 0 Å². The highest BCUT2D eigenvalue weighted by molar-refractivity contribution is 4.88. The van der Waals surface area contributed by atoms with E-state index in [0.717, 1.165) is 62.7 Å². The molecule has 0 saturated heterocycles. The van der Waals surface area contributed by atoms with Crippen molar-refractivity contribution in [2.45, 2.75) is 413 Å². The molecule has 2 aliphatic rings. The Kier molecular flexibility index (Phi) is 78.8. The van der Waals surface area contributed by atoms with E-state index in [-0.39, 0.29) is 63.2 Å². The fourth-order valence-corrected chi connectivity index (χ4v) is 8.16. The molecule has 0 aliphatic heterocycles. The lowest BCUT2D eigenvalue weighted by Crippen LogP contribution is -2.47. The molecule has 0 aromatic rings. The summed E-state index contributed by atoms with van der Waals surface area (Å²) in [5.41, 5.74) is -4.01. The van der Waals surface area contributed by atoms with E-state index in [9.17, 15) is 101 Å². The van der Waals surface area contributed by atoms with Crippen molar-refractivity contribution in [3.8, 4) is 0 Å². The molecule has 104 heavy (non-hydrogen) atoms. The van der Waals surface area contributed by atoms with Crippen molar-refractivity contribution in [3.63, 3.8) is 0 Å². The molecule has 0 nitrogen and oxygen atoms in total. The second-order valence-electron chi connectivity index (χ2n) is 33.0. The molecule has 2 saturated carbocycles. The van der Waals surface area contributed by atoms with Gasteiger partial charge in [0.05, 0.1) is 30.6 Å². The van der Waals surface area contributed by atoms with Crippen LogP contribution in [-0.2, 0) is 0 Å². The molecule has 9 unspecified atom stereocenters. The molecule has 2 fully saturated rings. The number of hydrogen-bond acceptors (Lipinski definition) is 0. The van der Waals surface area contributed by atoms with Crippen molar-refractivity contribution in [3.05, 3.63) is 0 Å². The summed E-state index contributed by atoms with van der Waals surface area (Å²) in [6, 6.07) is 0. The van der Waals surface area contributed by atoms with Gasteiger partial charge in [-0.1, -0.05) is 293 Å².